The Labute approximate surface area is 166 Å². The molecule has 0 fully saturated rings. The molecule has 0 spiro atoms. The number of carbonyl (C=O) groups is 1. The minimum Gasteiger partial charge on any atom is -0.396 e. The second kappa shape index (κ2) is 7.90. The van der Waals surface area contributed by atoms with Crippen LogP contribution in [0.3, 0.4) is 0 Å². The van der Waals surface area contributed by atoms with Crippen molar-refractivity contribution in [1.82, 2.24) is 10.3 Å². The summed E-state index contributed by atoms with van der Waals surface area (Å²) in [6.45, 7) is 2.11. The van der Waals surface area contributed by atoms with Crippen LogP contribution in [0.5, 0.6) is 0 Å². The highest BCUT2D eigenvalue weighted by atomic mass is 35.5. The van der Waals surface area contributed by atoms with Gasteiger partial charge >= 0.3 is 0 Å². The van der Waals surface area contributed by atoms with Crippen LogP contribution in [0.2, 0.25) is 10.0 Å². The van der Waals surface area contributed by atoms with Gasteiger partial charge in [0.2, 0.25) is 0 Å². The summed E-state index contributed by atoms with van der Waals surface area (Å²) in [6.07, 6.45) is 1.82. The summed E-state index contributed by atoms with van der Waals surface area (Å²) in [5, 5.41) is 4.59. The van der Waals surface area contributed by atoms with E-state index in [2.05, 4.69) is 15.3 Å². The molecule has 2 aromatic carbocycles. The quantitative estimate of drug-likeness (QED) is 0.301. The van der Waals surface area contributed by atoms with Crippen molar-refractivity contribution in [2.45, 2.75) is 19.4 Å². The first kappa shape index (κ1) is 19.1. The van der Waals surface area contributed by atoms with Gasteiger partial charge < -0.3 is 21.8 Å². The first-order valence-corrected chi connectivity index (χ1v) is 9.03. The monoisotopic (exact) mass is 403 g/mol. The fourth-order valence-electron chi connectivity index (χ4n) is 2.77. The van der Waals surface area contributed by atoms with Gasteiger partial charge in [-0.25, -0.2) is 0 Å². The van der Waals surface area contributed by atoms with E-state index in [0.717, 1.165) is 22.0 Å². The highest BCUT2D eigenvalue weighted by molar-refractivity contribution is 6.38. The van der Waals surface area contributed by atoms with Crippen LogP contribution in [0.1, 0.15) is 24.0 Å². The van der Waals surface area contributed by atoms with Gasteiger partial charge in [-0.2, -0.15) is 4.99 Å². The summed E-state index contributed by atoms with van der Waals surface area (Å²) in [5.74, 6) is -0.740. The number of nitrogen functional groups attached to an aromatic ring is 1. The van der Waals surface area contributed by atoms with Crippen molar-refractivity contribution in [1.29, 1.82) is 0 Å². The van der Waals surface area contributed by atoms with E-state index >= 15 is 0 Å². The third kappa shape index (κ3) is 4.18. The van der Waals surface area contributed by atoms with Crippen molar-refractivity contribution < 1.29 is 4.79 Å². The number of aromatic amines is 1. The standard InChI is InChI=1S/C19H19Cl2N5O/c1-10(13-9-24-16-5-3-2-4-12(13)16)18(27)26-19(23)25-8-11-6-14(20)17(22)15(21)7-11/h2-7,9-10,24H,8,22H2,1H3,(H3,23,25,26,27). The SMILES string of the molecule is CC(C(=O)/N=C(\N)NCc1cc(Cl)c(N)c(Cl)c1)c1c[nH]c2ccccc12. The zero-order chi connectivity index (χ0) is 19.6. The molecule has 1 heterocycles. The van der Waals surface area contributed by atoms with E-state index in [1.54, 1.807) is 19.1 Å². The molecule has 27 heavy (non-hydrogen) atoms. The van der Waals surface area contributed by atoms with Gasteiger partial charge in [-0.3, -0.25) is 4.79 Å². The number of halogens is 2. The van der Waals surface area contributed by atoms with Gasteiger partial charge in [-0.1, -0.05) is 41.4 Å². The van der Waals surface area contributed by atoms with Crippen molar-refractivity contribution in [3.05, 3.63) is 63.8 Å². The third-order valence-electron chi connectivity index (χ3n) is 4.30. The Morgan fingerprint density at radius 2 is 1.93 bits per heavy atom. The number of amides is 1. The number of carbonyl (C=O) groups excluding carboxylic acids is 1. The number of fused-ring (bicyclic) bond motifs is 1. The molecule has 0 saturated carbocycles. The van der Waals surface area contributed by atoms with Crippen molar-refractivity contribution in [2.24, 2.45) is 10.7 Å². The van der Waals surface area contributed by atoms with E-state index in [9.17, 15) is 4.79 Å². The van der Waals surface area contributed by atoms with Crippen molar-refractivity contribution in [3.8, 4) is 0 Å². The lowest BCUT2D eigenvalue weighted by molar-refractivity contribution is -0.118. The van der Waals surface area contributed by atoms with Crippen LogP contribution in [0.15, 0.2) is 47.6 Å². The molecule has 6 nitrogen and oxygen atoms in total. The largest absolute Gasteiger partial charge is 0.396 e. The van der Waals surface area contributed by atoms with Crippen LogP contribution in [0.25, 0.3) is 10.9 Å². The van der Waals surface area contributed by atoms with E-state index < -0.39 is 5.92 Å². The van der Waals surface area contributed by atoms with E-state index in [-0.39, 0.29) is 11.9 Å². The topological polar surface area (TPSA) is 109 Å². The van der Waals surface area contributed by atoms with Gasteiger partial charge in [0.25, 0.3) is 5.91 Å². The molecule has 1 unspecified atom stereocenters. The number of hydrogen-bond donors (Lipinski definition) is 4. The Kier molecular flexibility index (Phi) is 5.58. The first-order valence-electron chi connectivity index (χ1n) is 8.28. The molecule has 6 N–H and O–H groups in total. The number of nitrogens with zero attached hydrogens (tertiary/aromatic N) is 1. The number of rotatable bonds is 4. The number of hydrogen-bond acceptors (Lipinski definition) is 2. The Bertz CT molecular complexity index is 1000. The molecule has 1 amide bonds. The molecule has 140 valence electrons. The molecule has 8 heteroatoms. The second-order valence-electron chi connectivity index (χ2n) is 6.17. The van der Waals surface area contributed by atoms with Crippen molar-refractivity contribution in [3.63, 3.8) is 0 Å². The zero-order valence-corrected chi connectivity index (χ0v) is 16.1. The summed E-state index contributed by atoms with van der Waals surface area (Å²) in [7, 11) is 0. The molecular formula is C19H19Cl2N5O. The number of aromatic nitrogens is 1. The van der Waals surface area contributed by atoms with Crippen molar-refractivity contribution >= 4 is 51.7 Å². The van der Waals surface area contributed by atoms with Crippen LogP contribution in [0.4, 0.5) is 5.69 Å². The number of nitrogens with two attached hydrogens (primary N) is 2. The molecule has 0 bridgehead atoms. The van der Waals surface area contributed by atoms with Crippen LogP contribution in [-0.4, -0.2) is 16.9 Å². The predicted octanol–water partition coefficient (Wildman–Crippen LogP) is 3.79. The minimum absolute atomic E-state index is 0.0239. The lowest BCUT2D eigenvalue weighted by Gasteiger charge is -2.10. The van der Waals surface area contributed by atoms with Gasteiger partial charge in [-0.15, -0.1) is 0 Å². The van der Waals surface area contributed by atoms with E-state index in [4.69, 9.17) is 34.7 Å². The van der Waals surface area contributed by atoms with Gasteiger partial charge in [-0.05, 0) is 36.2 Å². The highest BCUT2D eigenvalue weighted by Crippen LogP contribution is 2.29. The van der Waals surface area contributed by atoms with Crippen LogP contribution < -0.4 is 16.8 Å². The second-order valence-corrected chi connectivity index (χ2v) is 6.99. The molecule has 0 saturated heterocycles. The number of aliphatic imine (C=N–C) groups is 1. The lowest BCUT2D eigenvalue weighted by atomic mass is 10.00. The molecule has 0 aliphatic heterocycles. The Hall–Kier alpha value is -2.70. The summed E-state index contributed by atoms with van der Waals surface area (Å²) in [5.41, 5.74) is 14.5. The number of para-hydroxylation sites is 1. The Balaban J connectivity index is 1.69. The molecule has 1 atom stereocenters. The first-order chi connectivity index (χ1) is 12.9. The average molecular weight is 404 g/mol. The number of anilines is 1. The molecule has 1 aromatic heterocycles. The maximum Gasteiger partial charge on any atom is 0.256 e. The van der Waals surface area contributed by atoms with Crippen LogP contribution in [-0.2, 0) is 11.3 Å². The number of guanidine groups is 1. The summed E-state index contributed by atoms with van der Waals surface area (Å²) in [4.78, 5) is 19.6. The number of H-pyrrole nitrogens is 1. The smallest absolute Gasteiger partial charge is 0.256 e. The molecule has 0 aliphatic carbocycles. The van der Waals surface area contributed by atoms with Gasteiger partial charge in [0.05, 0.1) is 21.7 Å². The predicted molar refractivity (Wildman–Crippen MR) is 111 cm³/mol. The molecule has 3 aromatic rings. The Morgan fingerprint density at radius 1 is 1.26 bits per heavy atom. The van der Waals surface area contributed by atoms with Gasteiger partial charge in [0.1, 0.15) is 0 Å². The number of nitrogens with one attached hydrogen (secondary N) is 2. The number of benzene rings is 2. The Morgan fingerprint density at radius 3 is 2.63 bits per heavy atom. The summed E-state index contributed by atoms with van der Waals surface area (Å²) >= 11 is 12.0. The fourth-order valence-corrected chi connectivity index (χ4v) is 3.30. The minimum atomic E-state index is -0.429. The molecule has 3 rings (SSSR count). The molecule has 0 radical (unpaired) electrons. The molecular weight excluding hydrogens is 385 g/mol. The lowest BCUT2D eigenvalue weighted by Crippen LogP contribution is -2.32. The summed E-state index contributed by atoms with van der Waals surface area (Å²) in [6, 6.07) is 11.1. The van der Waals surface area contributed by atoms with Crippen LogP contribution in [0, 0.1) is 0 Å². The maximum atomic E-state index is 12.5. The van der Waals surface area contributed by atoms with Crippen LogP contribution >= 0.6 is 23.2 Å². The summed E-state index contributed by atoms with van der Waals surface area (Å²) < 4.78 is 0. The van der Waals surface area contributed by atoms with Crippen molar-refractivity contribution in [2.75, 3.05) is 5.73 Å². The zero-order valence-electron chi connectivity index (χ0n) is 14.6. The maximum absolute atomic E-state index is 12.5. The normalized spacial score (nSPS) is 12.9. The highest BCUT2D eigenvalue weighted by Gasteiger charge is 2.18. The van der Waals surface area contributed by atoms with E-state index in [1.807, 2.05) is 30.5 Å². The molecule has 0 aliphatic rings. The fraction of sp³-hybridized carbons (Fsp3) is 0.158. The van der Waals surface area contributed by atoms with Gasteiger partial charge in [0, 0.05) is 23.6 Å². The van der Waals surface area contributed by atoms with Gasteiger partial charge in [0.15, 0.2) is 5.96 Å². The average Bonchev–Trinajstić information content (AvgIpc) is 3.07. The van der Waals surface area contributed by atoms with E-state index in [1.165, 1.54) is 0 Å². The third-order valence-corrected chi connectivity index (χ3v) is 4.93. The van der Waals surface area contributed by atoms with E-state index in [0.29, 0.717) is 22.3 Å².